The zero-order valence-electron chi connectivity index (χ0n) is 12.3. The molecule has 1 aromatic rings. The quantitative estimate of drug-likeness (QED) is 0.762. The first kappa shape index (κ1) is 13.0. The fourth-order valence-electron chi connectivity index (χ4n) is 4.57. The third-order valence-electron chi connectivity index (χ3n) is 4.66. The van der Waals surface area contributed by atoms with Crippen molar-refractivity contribution >= 4 is 0 Å². The van der Waals surface area contributed by atoms with Gasteiger partial charge < -0.3 is 10.5 Å². The van der Waals surface area contributed by atoms with E-state index in [4.69, 9.17) is 10.5 Å². The molecule has 1 aliphatic heterocycles. The lowest BCUT2D eigenvalue weighted by atomic mass is 9.63. The third-order valence-corrected chi connectivity index (χ3v) is 4.66. The van der Waals surface area contributed by atoms with E-state index in [0.29, 0.717) is 11.3 Å². The van der Waals surface area contributed by atoms with Crippen molar-refractivity contribution < 1.29 is 4.74 Å². The van der Waals surface area contributed by atoms with Gasteiger partial charge in [-0.3, -0.25) is 0 Å². The topological polar surface area (TPSA) is 35.2 Å². The second-order valence-electron chi connectivity index (χ2n) is 7.49. The van der Waals surface area contributed by atoms with Gasteiger partial charge in [0.25, 0.3) is 0 Å². The van der Waals surface area contributed by atoms with Gasteiger partial charge in [0.2, 0.25) is 0 Å². The van der Waals surface area contributed by atoms with Gasteiger partial charge in [0, 0.05) is 18.0 Å². The average molecular weight is 259 g/mol. The van der Waals surface area contributed by atoms with Crippen LogP contribution in [0.25, 0.3) is 0 Å². The minimum absolute atomic E-state index is 0.0467. The maximum Gasteiger partial charge on any atom is 0.124 e. The van der Waals surface area contributed by atoms with E-state index in [1.807, 2.05) is 12.1 Å². The molecule has 3 rings (SSSR count). The highest BCUT2D eigenvalue weighted by Crippen LogP contribution is 2.51. The summed E-state index contributed by atoms with van der Waals surface area (Å²) in [4.78, 5) is 0. The van der Waals surface area contributed by atoms with Gasteiger partial charge >= 0.3 is 0 Å². The van der Waals surface area contributed by atoms with E-state index in [1.54, 1.807) is 0 Å². The molecule has 0 bridgehead atoms. The van der Waals surface area contributed by atoms with Gasteiger partial charge in [0.15, 0.2) is 0 Å². The van der Waals surface area contributed by atoms with Crippen molar-refractivity contribution in [3.05, 3.63) is 29.8 Å². The molecule has 19 heavy (non-hydrogen) atoms. The Kier molecular flexibility index (Phi) is 2.90. The van der Waals surface area contributed by atoms with E-state index in [0.717, 1.165) is 25.0 Å². The maximum atomic E-state index is 6.46. The van der Waals surface area contributed by atoms with Crippen molar-refractivity contribution in [2.24, 2.45) is 17.1 Å². The molecule has 1 fully saturated rings. The summed E-state index contributed by atoms with van der Waals surface area (Å²) in [6.07, 6.45) is 4.50. The molecule has 0 aromatic heterocycles. The Bertz CT molecular complexity index is 482. The molecule has 3 atom stereocenters. The Hall–Kier alpha value is -1.02. The predicted molar refractivity (Wildman–Crippen MR) is 78.1 cm³/mol. The Morgan fingerprint density at radius 1 is 1.16 bits per heavy atom. The van der Waals surface area contributed by atoms with Crippen LogP contribution in [0, 0.1) is 11.3 Å². The Morgan fingerprint density at radius 3 is 2.63 bits per heavy atom. The normalized spacial score (nSPS) is 36.6. The highest BCUT2D eigenvalue weighted by atomic mass is 16.5. The SMILES string of the molecule is CC1CC(C)(C)CC2(C1)C[C@H](N)c1ccccc1O2. The second-order valence-corrected chi connectivity index (χ2v) is 7.49. The fraction of sp³-hybridized carbons (Fsp3) is 0.647. The molecular formula is C17H25NO. The molecule has 2 nitrogen and oxygen atoms in total. The zero-order valence-corrected chi connectivity index (χ0v) is 12.3. The van der Waals surface area contributed by atoms with Gasteiger partial charge in [-0.05, 0) is 36.7 Å². The van der Waals surface area contributed by atoms with Crippen LogP contribution in [0.4, 0.5) is 0 Å². The van der Waals surface area contributed by atoms with E-state index >= 15 is 0 Å². The summed E-state index contributed by atoms with van der Waals surface area (Å²) < 4.78 is 6.46. The van der Waals surface area contributed by atoms with Crippen LogP contribution in [0.15, 0.2) is 24.3 Å². The van der Waals surface area contributed by atoms with Gasteiger partial charge in [-0.1, -0.05) is 39.0 Å². The molecule has 2 heteroatoms. The van der Waals surface area contributed by atoms with Gasteiger partial charge in [-0.2, -0.15) is 0 Å². The molecule has 104 valence electrons. The highest BCUT2D eigenvalue weighted by Gasteiger charge is 2.47. The first-order valence-electron chi connectivity index (χ1n) is 7.43. The van der Waals surface area contributed by atoms with Crippen LogP contribution in [0.2, 0.25) is 0 Å². The van der Waals surface area contributed by atoms with Crippen molar-refractivity contribution in [2.75, 3.05) is 0 Å². The number of fused-ring (bicyclic) bond motifs is 1. The summed E-state index contributed by atoms with van der Waals surface area (Å²) in [6, 6.07) is 8.38. The molecule has 1 saturated carbocycles. The molecule has 0 saturated heterocycles. The number of hydrogen-bond donors (Lipinski definition) is 1. The summed E-state index contributed by atoms with van der Waals surface area (Å²) in [6.45, 7) is 7.07. The number of ether oxygens (including phenoxy) is 1. The Labute approximate surface area is 116 Å². The van der Waals surface area contributed by atoms with E-state index in [-0.39, 0.29) is 11.6 Å². The number of hydrogen-bond acceptors (Lipinski definition) is 2. The van der Waals surface area contributed by atoms with Gasteiger partial charge in [0.1, 0.15) is 11.4 Å². The van der Waals surface area contributed by atoms with Crippen LogP contribution in [0.5, 0.6) is 5.75 Å². The van der Waals surface area contributed by atoms with E-state index in [1.165, 1.54) is 12.0 Å². The number of nitrogens with two attached hydrogens (primary N) is 1. The van der Waals surface area contributed by atoms with Crippen LogP contribution in [-0.2, 0) is 0 Å². The first-order chi connectivity index (χ1) is 8.89. The van der Waals surface area contributed by atoms with Crippen LogP contribution in [0.1, 0.15) is 58.1 Å². The molecule has 2 aliphatic rings. The van der Waals surface area contributed by atoms with Crippen molar-refractivity contribution in [1.29, 1.82) is 0 Å². The monoisotopic (exact) mass is 259 g/mol. The maximum absolute atomic E-state index is 6.46. The molecular weight excluding hydrogens is 234 g/mol. The second kappa shape index (κ2) is 4.24. The molecule has 0 amide bonds. The van der Waals surface area contributed by atoms with E-state index in [2.05, 4.69) is 32.9 Å². The van der Waals surface area contributed by atoms with Crippen LogP contribution >= 0.6 is 0 Å². The van der Waals surface area contributed by atoms with Crippen LogP contribution in [-0.4, -0.2) is 5.60 Å². The van der Waals surface area contributed by atoms with E-state index < -0.39 is 0 Å². The van der Waals surface area contributed by atoms with Crippen molar-refractivity contribution in [2.45, 2.75) is 58.1 Å². The third kappa shape index (κ3) is 2.38. The summed E-state index contributed by atoms with van der Waals surface area (Å²) in [5.41, 5.74) is 7.88. The van der Waals surface area contributed by atoms with Crippen molar-refractivity contribution in [1.82, 2.24) is 0 Å². The van der Waals surface area contributed by atoms with Crippen molar-refractivity contribution in [3.8, 4) is 5.75 Å². The lowest BCUT2D eigenvalue weighted by Gasteiger charge is -2.50. The van der Waals surface area contributed by atoms with Crippen molar-refractivity contribution in [3.63, 3.8) is 0 Å². The Balaban J connectivity index is 1.95. The fourth-order valence-corrected chi connectivity index (χ4v) is 4.57. The van der Waals surface area contributed by atoms with E-state index in [9.17, 15) is 0 Å². The lowest BCUT2D eigenvalue weighted by molar-refractivity contribution is -0.0570. The summed E-state index contributed by atoms with van der Waals surface area (Å²) in [7, 11) is 0. The summed E-state index contributed by atoms with van der Waals surface area (Å²) in [5, 5.41) is 0. The Morgan fingerprint density at radius 2 is 1.89 bits per heavy atom. The minimum atomic E-state index is -0.0467. The zero-order chi connectivity index (χ0) is 13.7. The average Bonchev–Trinajstić information content (AvgIpc) is 2.25. The summed E-state index contributed by atoms with van der Waals surface area (Å²) in [5.74, 6) is 1.72. The highest BCUT2D eigenvalue weighted by molar-refractivity contribution is 5.38. The molecule has 1 aliphatic carbocycles. The number of para-hydroxylation sites is 1. The standard InChI is InChI=1S/C17H25NO/c1-12-8-16(2,3)11-17(9-12)10-14(18)13-6-4-5-7-15(13)19-17/h4-7,12,14H,8-11,18H2,1-3H3/t12?,14-,17?/m0/s1. The van der Waals surface area contributed by atoms with Crippen LogP contribution in [0.3, 0.4) is 0 Å². The lowest BCUT2D eigenvalue weighted by Crippen LogP contribution is -2.50. The van der Waals surface area contributed by atoms with Gasteiger partial charge in [-0.15, -0.1) is 0 Å². The molecule has 2 N–H and O–H groups in total. The number of benzene rings is 1. The largest absolute Gasteiger partial charge is 0.487 e. The van der Waals surface area contributed by atoms with Crippen LogP contribution < -0.4 is 10.5 Å². The van der Waals surface area contributed by atoms with Gasteiger partial charge in [-0.25, -0.2) is 0 Å². The predicted octanol–water partition coefficient (Wildman–Crippen LogP) is 4.05. The molecule has 0 radical (unpaired) electrons. The summed E-state index contributed by atoms with van der Waals surface area (Å²) >= 11 is 0. The smallest absolute Gasteiger partial charge is 0.124 e. The first-order valence-corrected chi connectivity index (χ1v) is 7.43. The molecule has 2 unspecified atom stereocenters. The molecule has 1 spiro atoms. The molecule has 1 heterocycles. The minimum Gasteiger partial charge on any atom is -0.487 e. The van der Waals surface area contributed by atoms with Gasteiger partial charge in [0.05, 0.1) is 0 Å². The molecule has 1 aromatic carbocycles. The number of rotatable bonds is 0.